The van der Waals surface area contributed by atoms with Gasteiger partial charge in [-0.15, -0.1) is 0 Å². The predicted molar refractivity (Wildman–Crippen MR) is 102 cm³/mol. The van der Waals surface area contributed by atoms with Crippen molar-refractivity contribution >= 4 is 29.3 Å². The Bertz CT molecular complexity index is 926. The average molecular weight is 383 g/mol. The van der Waals surface area contributed by atoms with Crippen LogP contribution in [0.15, 0.2) is 70.1 Å². The van der Waals surface area contributed by atoms with Crippen molar-refractivity contribution in [2.75, 3.05) is 0 Å². The fourth-order valence-electron chi connectivity index (χ4n) is 3.06. The molecule has 1 aliphatic heterocycles. The summed E-state index contributed by atoms with van der Waals surface area (Å²) in [6, 6.07) is 15.4. The number of benzene rings is 2. The number of non-ortho nitro benzene ring substituents is 1. The van der Waals surface area contributed by atoms with E-state index in [-0.39, 0.29) is 5.69 Å². The van der Waals surface area contributed by atoms with E-state index in [1.807, 2.05) is 30.3 Å². The number of hydrogen-bond donors (Lipinski definition) is 2. The topological polar surface area (TPSA) is 115 Å². The van der Waals surface area contributed by atoms with Gasteiger partial charge in [0.1, 0.15) is 5.92 Å². The van der Waals surface area contributed by atoms with Gasteiger partial charge in [-0.05, 0) is 24.6 Å². The number of thioether (sulfide) groups is 1. The van der Waals surface area contributed by atoms with Gasteiger partial charge >= 0.3 is 0 Å². The summed E-state index contributed by atoms with van der Waals surface area (Å²) in [7, 11) is 0. The molecule has 8 heteroatoms. The van der Waals surface area contributed by atoms with Crippen molar-refractivity contribution in [2.24, 2.45) is 11.7 Å². The Kier molecular flexibility index (Phi) is 5.27. The minimum absolute atomic E-state index is 0.0624. The van der Waals surface area contributed by atoms with Crippen molar-refractivity contribution in [1.82, 2.24) is 5.32 Å². The maximum absolute atomic E-state index is 12.4. The van der Waals surface area contributed by atoms with E-state index in [1.54, 1.807) is 19.1 Å². The second-order valence-corrected chi connectivity index (χ2v) is 7.22. The number of nitrogens with one attached hydrogen (secondary N) is 1. The van der Waals surface area contributed by atoms with Gasteiger partial charge in [0.2, 0.25) is 11.8 Å². The van der Waals surface area contributed by atoms with Crippen molar-refractivity contribution in [1.29, 1.82) is 0 Å². The number of allylic oxidation sites excluding steroid dienone is 2. The van der Waals surface area contributed by atoms with E-state index in [2.05, 4.69) is 5.32 Å². The molecule has 27 heavy (non-hydrogen) atoms. The molecular formula is C19H17N3O4S. The first-order valence-electron chi connectivity index (χ1n) is 8.16. The van der Waals surface area contributed by atoms with Crippen LogP contribution in [-0.4, -0.2) is 16.7 Å². The van der Waals surface area contributed by atoms with Crippen LogP contribution < -0.4 is 11.1 Å². The van der Waals surface area contributed by atoms with E-state index < -0.39 is 28.6 Å². The first-order chi connectivity index (χ1) is 12.9. The summed E-state index contributed by atoms with van der Waals surface area (Å²) in [4.78, 5) is 36.6. The van der Waals surface area contributed by atoms with E-state index in [0.717, 1.165) is 9.80 Å². The standard InChI is InChI=1S/C19H17N3O4S/c1-11-17(27-14-5-3-2-4-6-14)15(16(18(20)23)19(24)21-11)12-7-9-13(10-8-12)22(25)26/h2-10,15-16H,1H3,(H2,20,23)(H,21,24). The van der Waals surface area contributed by atoms with Crippen LogP contribution in [0.1, 0.15) is 18.4 Å². The third kappa shape index (κ3) is 3.85. The third-order valence-corrected chi connectivity index (χ3v) is 5.61. The minimum Gasteiger partial charge on any atom is -0.369 e. The second-order valence-electron chi connectivity index (χ2n) is 6.10. The number of rotatable bonds is 5. The summed E-state index contributed by atoms with van der Waals surface area (Å²) in [6.45, 7) is 1.76. The number of nitro groups is 1. The van der Waals surface area contributed by atoms with Crippen LogP contribution in [0, 0.1) is 16.0 Å². The Morgan fingerprint density at radius 2 is 1.78 bits per heavy atom. The normalized spacial score (nSPS) is 19.5. The van der Waals surface area contributed by atoms with Gasteiger partial charge in [0.05, 0.1) is 4.92 Å². The fraction of sp³-hybridized carbons (Fsp3) is 0.158. The maximum atomic E-state index is 12.4. The van der Waals surface area contributed by atoms with Gasteiger partial charge in [0, 0.05) is 33.5 Å². The molecule has 1 aliphatic rings. The van der Waals surface area contributed by atoms with Gasteiger partial charge in [-0.3, -0.25) is 19.7 Å². The smallest absolute Gasteiger partial charge is 0.269 e. The van der Waals surface area contributed by atoms with Crippen LogP contribution >= 0.6 is 11.8 Å². The second kappa shape index (κ2) is 7.63. The summed E-state index contributed by atoms with van der Waals surface area (Å²) in [5.41, 5.74) is 6.72. The SMILES string of the molecule is CC1=C(Sc2ccccc2)C(c2ccc([N+](=O)[O-])cc2)C(C(N)=O)C(=O)N1. The predicted octanol–water partition coefficient (Wildman–Crippen LogP) is 2.93. The maximum Gasteiger partial charge on any atom is 0.269 e. The lowest BCUT2D eigenvalue weighted by Crippen LogP contribution is -2.45. The molecule has 0 bridgehead atoms. The first kappa shape index (κ1) is 18.7. The largest absolute Gasteiger partial charge is 0.369 e. The van der Waals surface area contributed by atoms with Crippen LogP contribution in [0.25, 0.3) is 0 Å². The molecular weight excluding hydrogens is 366 g/mol. The van der Waals surface area contributed by atoms with Crippen LogP contribution in [0.2, 0.25) is 0 Å². The number of amides is 2. The highest BCUT2D eigenvalue weighted by Crippen LogP contribution is 2.45. The average Bonchev–Trinajstić information content (AvgIpc) is 2.64. The lowest BCUT2D eigenvalue weighted by atomic mass is 9.81. The number of carbonyl (C=O) groups excluding carboxylic acids is 2. The molecule has 0 saturated carbocycles. The Morgan fingerprint density at radius 3 is 2.33 bits per heavy atom. The zero-order valence-electron chi connectivity index (χ0n) is 14.4. The van der Waals surface area contributed by atoms with E-state index in [0.29, 0.717) is 11.3 Å². The van der Waals surface area contributed by atoms with Gasteiger partial charge in [-0.1, -0.05) is 42.1 Å². The molecule has 2 amide bonds. The number of nitrogens with two attached hydrogens (primary N) is 1. The molecule has 138 valence electrons. The number of hydrogen-bond acceptors (Lipinski definition) is 5. The Hall–Kier alpha value is -3.13. The molecule has 0 saturated heterocycles. The van der Waals surface area contributed by atoms with Gasteiger partial charge in [-0.25, -0.2) is 0 Å². The number of nitrogens with zero attached hydrogens (tertiary/aromatic N) is 1. The lowest BCUT2D eigenvalue weighted by Gasteiger charge is -2.32. The number of primary amides is 1. The van der Waals surface area contributed by atoms with Crippen molar-refractivity contribution in [2.45, 2.75) is 17.7 Å². The Morgan fingerprint density at radius 1 is 1.15 bits per heavy atom. The number of nitro benzene ring substituents is 1. The van der Waals surface area contributed by atoms with Crippen molar-refractivity contribution < 1.29 is 14.5 Å². The van der Waals surface area contributed by atoms with Crippen molar-refractivity contribution in [3.05, 3.63) is 80.9 Å². The van der Waals surface area contributed by atoms with E-state index in [4.69, 9.17) is 5.73 Å². The zero-order chi connectivity index (χ0) is 19.6. The molecule has 0 radical (unpaired) electrons. The van der Waals surface area contributed by atoms with E-state index in [9.17, 15) is 19.7 Å². The zero-order valence-corrected chi connectivity index (χ0v) is 15.2. The molecule has 1 heterocycles. The van der Waals surface area contributed by atoms with Gasteiger partial charge in [-0.2, -0.15) is 0 Å². The molecule has 3 rings (SSSR count). The van der Waals surface area contributed by atoms with Crippen molar-refractivity contribution in [3.63, 3.8) is 0 Å². The van der Waals surface area contributed by atoms with Gasteiger partial charge in [0.15, 0.2) is 0 Å². The van der Waals surface area contributed by atoms with Crippen LogP contribution in [0.3, 0.4) is 0 Å². The van der Waals surface area contributed by atoms with Crippen LogP contribution in [0.5, 0.6) is 0 Å². The molecule has 2 aromatic rings. The van der Waals surface area contributed by atoms with Crippen molar-refractivity contribution in [3.8, 4) is 0 Å². The quantitative estimate of drug-likeness (QED) is 0.468. The molecule has 2 unspecified atom stereocenters. The van der Waals surface area contributed by atoms with E-state index >= 15 is 0 Å². The fourth-order valence-corrected chi connectivity index (χ4v) is 4.21. The Labute approximate surface area is 159 Å². The van der Waals surface area contributed by atoms with Crippen LogP contribution in [0.4, 0.5) is 5.69 Å². The third-order valence-electron chi connectivity index (χ3n) is 4.32. The Balaban J connectivity index is 2.09. The number of carbonyl (C=O) groups is 2. The highest BCUT2D eigenvalue weighted by atomic mass is 32.2. The van der Waals surface area contributed by atoms with E-state index in [1.165, 1.54) is 23.9 Å². The molecule has 3 N–H and O–H groups in total. The minimum atomic E-state index is -1.10. The summed E-state index contributed by atoms with van der Waals surface area (Å²) in [5.74, 6) is -2.92. The molecule has 0 aliphatic carbocycles. The molecule has 7 nitrogen and oxygen atoms in total. The highest BCUT2D eigenvalue weighted by molar-refractivity contribution is 8.03. The first-order valence-corrected chi connectivity index (χ1v) is 8.98. The molecule has 2 aromatic carbocycles. The summed E-state index contributed by atoms with van der Waals surface area (Å²) in [5, 5.41) is 13.6. The van der Waals surface area contributed by atoms with Crippen LogP contribution in [-0.2, 0) is 9.59 Å². The summed E-state index contributed by atoms with van der Waals surface area (Å²) < 4.78 is 0. The molecule has 0 spiro atoms. The lowest BCUT2D eigenvalue weighted by molar-refractivity contribution is -0.384. The summed E-state index contributed by atoms with van der Waals surface area (Å²) in [6.07, 6.45) is 0. The monoisotopic (exact) mass is 383 g/mol. The molecule has 2 atom stereocenters. The summed E-state index contributed by atoms with van der Waals surface area (Å²) >= 11 is 1.43. The molecule has 0 aromatic heterocycles. The molecule has 0 fully saturated rings. The van der Waals surface area contributed by atoms with Gasteiger partial charge in [0.25, 0.3) is 5.69 Å². The highest BCUT2D eigenvalue weighted by Gasteiger charge is 2.41. The van der Waals surface area contributed by atoms with Gasteiger partial charge < -0.3 is 11.1 Å².